The summed E-state index contributed by atoms with van der Waals surface area (Å²) in [5.41, 5.74) is 0.850. The highest BCUT2D eigenvalue weighted by Gasteiger charge is 2.25. The van der Waals surface area contributed by atoms with Gasteiger partial charge in [-0.2, -0.15) is 0 Å². The number of anilines is 1. The first-order valence-electron chi connectivity index (χ1n) is 5.67. The average Bonchev–Trinajstić information content (AvgIpc) is 2.77. The van der Waals surface area contributed by atoms with E-state index in [4.69, 9.17) is 9.84 Å². The van der Waals surface area contributed by atoms with Crippen molar-refractivity contribution in [3.63, 3.8) is 0 Å². The van der Waals surface area contributed by atoms with E-state index in [1.807, 2.05) is 0 Å². The standard InChI is InChI=1S/C12H16N2O3/c1-17-9-3-2-8(6-9)14-11-4-5-13-7-10(11)12(15)16/h4-5,7-9H,2-3,6H2,1H3,(H,13,14)(H,15,16). The van der Waals surface area contributed by atoms with Crippen LogP contribution in [0.5, 0.6) is 0 Å². The molecule has 1 heterocycles. The molecule has 1 fully saturated rings. The van der Waals surface area contributed by atoms with Crippen molar-refractivity contribution < 1.29 is 14.6 Å². The van der Waals surface area contributed by atoms with E-state index in [0.29, 0.717) is 5.69 Å². The van der Waals surface area contributed by atoms with Crippen LogP contribution < -0.4 is 5.32 Å². The largest absolute Gasteiger partial charge is 0.478 e. The van der Waals surface area contributed by atoms with Crippen molar-refractivity contribution in [1.82, 2.24) is 4.98 Å². The van der Waals surface area contributed by atoms with Crippen LogP contribution in [-0.2, 0) is 4.74 Å². The normalized spacial score (nSPS) is 23.6. The van der Waals surface area contributed by atoms with Crippen LogP contribution in [0.15, 0.2) is 18.5 Å². The van der Waals surface area contributed by atoms with Crippen molar-refractivity contribution in [2.75, 3.05) is 12.4 Å². The number of pyridine rings is 1. The van der Waals surface area contributed by atoms with Gasteiger partial charge >= 0.3 is 5.97 Å². The van der Waals surface area contributed by atoms with Gasteiger partial charge in [-0.25, -0.2) is 4.79 Å². The summed E-state index contributed by atoms with van der Waals surface area (Å²) in [5, 5.41) is 12.3. The van der Waals surface area contributed by atoms with Gasteiger partial charge in [0, 0.05) is 25.5 Å². The molecule has 0 bridgehead atoms. The van der Waals surface area contributed by atoms with Crippen LogP contribution in [0, 0.1) is 0 Å². The van der Waals surface area contributed by atoms with Crippen LogP contribution in [0.4, 0.5) is 5.69 Å². The molecule has 1 aliphatic rings. The van der Waals surface area contributed by atoms with Gasteiger partial charge in [-0.1, -0.05) is 0 Å². The second-order valence-electron chi connectivity index (χ2n) is 4.24. The number of methoxy groups -OCH3 is 1. The number of carboxylic acids is 1. The Labute approximate surface area is 99.8 Å². The van der Waals surface area contributed by atoms with Crippen molar-refractivity contribution in [2.24, 2.45) is 0 Å². The summed E-state index contributed by atoms with van der Waals surface area (Å²) >= 11 is 0. The number of hydrogen-bond donors (Lipinski definition) is 2. The van der Waals surface area contributed by atoms with Gasteiger partial charge in [-0.3, -0.25) is 4.98 Å². The molecule has 1 aromatic rings. The quantitative estimate of drug-likeness (QED) is 0.833. The second kappa shape index (κ2) is 5.14. The van der Waals surface area contributed by atoms with Crippen LogP contribution in [0.3, 0.4) is 0 Å². The fourth-order valence-electron chi connectivity index (χ4n) is 2.20. The smallest absolute Gasteiger partial charge is 0.339 e. The third kappa shape index (κ3) is 2.74. The molecule has 0 radical (unpaired) electrons. The lowest BCUT2D eigenvalue weighted by molar-refractivity contribution is 0.0697. The molecule has 2 N–H and O–H groups in total. The molecule has 2 unspecified atom stereocenters. The molecule has 0 aliphatic heterocycles. The molecule has 0 spiro atoms. The summed E-state index contributed by atoms with van der Waals surface area (Å²) in [5.74, 6) is -0.957. The molecule has 92 valence electrons. The zero-order valence-corrected chi connectivity index (χ0v) is 9.72. The fraction of sp³-hybridized carbons (Fsp3) is 0.500. The molecule has 17 heavy (non-hydrogen) atoms. The van der Waals surface area contributed by atoms with Crippen molar-refractivity contribution in [3.8, 4) is 0 Å². The number of hydrogen-bond acceptors (Lipinski definition) is 4. The Hall–Kier alpha value is -1.62. The number of aromatic nitrogens is 1. The molecular weight excluding hydrogens is 220 g/mol. The number of nitrogens with one attached hydrogen (secondary N) is 1. The van der Waals surface area contributed by atoms with Gasteiger partial charge in [0.1, 0.15) is 5.56 Å². The molecule has 0 amide bonds. The Bertz CT molecular complexity index is 408. The van der Waals surface area contributed by atoms with Gasteiger partial charge in [0.15, 0.2) is 0 Å². The maximum atomic E-state index is 11.0. The molecule has 1 aliphatic carbocycles. The zero-order valence-electron chi connectivity index (χ0n) is 9.72. The Balaban J connectivity index is 2.06. The van der Waals surface area contributed by atoms with Crippen LogP contribution >= 0.6 is 0 Å². The molecule has 5 heteroatoms. The van der Waals surface area contributed by atoms with E-state index in [0.717, 1.165) is 19.3 Å². The number of ether oxygens (including phenoxy) is 1. The fourth-order valence-corrected chi connectivity index (χ4v) is 2.20. The van der Waals surface area contributed by atoms with Crippen LogP contribution in [-0.4, -0.2) is 35.3 Å². The van der Waals surface area contributed by atoms with Gasteiger partial charge in [-0.05, 0) is 25.3 Å². The van der Waals surface area contributed by atoms with E-state index >= 15 is 0 Å². The predicted molar refractivity (Wildman–Crippen MR) is 63.3 cm³/mol. The number of carboxylic acid groups (broad SMARTS) is 1. The first-order chi connectivity index (χ1) is 8.20. The second-order valence-corrected chi connectivity index (χ2v) is 4.24. The molecule has 5 nitrogen and oxygen atoms in total. The van der Waals surface area contributed by atoms with E-state index < -0.39 is 5.97 Å². The monoisotopic (exact) mass is 236 g/mol. The Kier molecular flexibility index (Phi) is 3.58. The number of carbonyl (C=O) groups is 1. The summed E-state index contributed by atoms with van der Waals surface area (Å²) < 4.78 is 5.29. The molecule has 1 saturated carbocycles. The van der Waals surface area contributed by atoms with Gasteiger partial charge in [0.05, 0.1) is 11.8 Å². The summed E-state index contributed by atoms with van der Waals surface area (Å²) in [4.78, 5) is 14.8. The Morgan fingerprint density at radius 1 is 1.59 bits per heavy atom. The first-order valence-corrected chi connectivity index (χ1v) is 5.67. The Morgan fingerprint density at radius 2 is 2.41 bits per heavy atom. The summed E-state index contributed by atoms with van der Waals surface area (Å²) in [6.07, 6.45) is 6.17. The number of nitrogens with zero attached hydrogens (tertiary/aromatic N) is 1. The van der Waals surface area contributed by atoms with Gasteiger partial charge in [0.2, 0.25) is 0 Å². The topological polar surface area (TPSA) is 71.5 Å². The molecule has 0 saturated heterocycles. The molecule has 1 aromatic heterocycles. The van der Waals surface area contributed by atoms with E-state index in [9.17, 15) is 4.79 Å². The van der Waals surface area contributed by atoms with E-state index in [1.54, 1.807) is 19.4 Å². The van der Waals surface area contributed by atoms with Crippen LogP contribution in [0.1, 0.15) is 29.6 Å². The zero-order chi connectivity index (χ0) is 12.3. The minimum absolute atomic E-state index is 0.216. The van der Waals surface area contributed by atoms with Gasteiger partial charge in [-0.15, -0.1) is 0 Å². The highest BCUT2D eigenvalue weighted by Crippen LogP contribution is 2.26. The van der Waals surface area contributed by atoms with Gasteiger partial charge in [0.25, 0.3) is 0 Å². The van der Waals surface area contributed by atoms with Crippen molar-refractivity contribution in [1.29, 1.82) is 0 Å². The third-order valence-corrected chi connectivity index (χ3v) is 3.13. The average molecular weight is 236 g/mol. The summed E-state index contributed by atoms with van der Waals surface area (Å²) in [7, 11) is 1.71. The first kappa shape index (κ1) is 11.9. The number of aromatic carboxylic acids is 1. The highest BCUT2D eigenvalue weighted by atomic mass is 16.5. The molecule has 2 atom stereocenters. The Morgan fingerprint density at radius 3 is 3.06 bits per heavy atom. The van der Waals surface area contributed by atoms with Crippen molar-refractivity contribution in [2.45, 2.75) is 31.4 Å². The lowest BCUT2D eigenvalue weighted by Gasteiger charge is -2.15. The third-order valence-electron chi connectivity index (χ3n) is 3.13. The predicted octanol–water partition coefficient (Wildman–Crippen LogP) is 1.76. The maximum Gasteiger partial charge on any atom is 0.339 e. The highest BCUT2D eigenvalue weighted by molar-refractivity contribution is 5.93. The minimum atomic E-state index is -0.957. The van der Waals surface area contributed by atoms with E-state index in [-0.39, 0.29) is 17.7 Å². The molecule has 0 aromatic carbocycles. The molecular formula is C12H16N2O3. The lowest BCUT2D eigenvalue weighted by atomic mass is 10.2. The minimum Gasteiger partial charge on any atom is -0.478 e. The summed E-state index contributed by atoms with van der Waals surface area (Å²) in [6, 6.07) is 1.98. The van der Waals surface area contributed by atoms with Gasteiger partial charge < -0.3 is 15.2 Å². The lowest BCUT2D eigenvalue weighted by Crippen LogP contribution is -2.19. The van der Waals surface area contributed by atoms with Crippen LogP contribution in [0.2, 0.25) is 0 Å². The SMILES string of the molecule is COC1CCC(Nc2ccncc2C(=O)O)C1. The van der Waals surface area contributed by atoms with E-state index in [2.05, 4.69) is 10.3 Å². The number of rotatable bonds is 4. The summed E-state index contributed by atoms with van der Waals surface area (Å²) in [6.45, 7) is 0. The van der Waals surface area contributed by atoms with Crippen molar-refractivity contribution >= 4 is 11.7 Å². The van der Waals surface area contributed by atoms with Crippen molar-refractivity contribution in [3.05, 3.63) is 24.0 Å². The molecule has 2 rings (SSSR count). The van der Waals surface area contributed by atoms with Crippen LogP contribution in [0.25, 0.3) is 0 Å². The maximum absolute atomic E-state index is 11.0. The van der Waals surface area contributed by atoms with E-state index in [1.165, 1.54) is 6.20 Å².